The molecule has 0 radical (unpaired) electrons. The highest BCUT2D eigenvalue weighted by Gasteiger charge is 2.45. The van der Waals surface area contributed by atoms with Crippen LogP contribution >= 0.6 is 11.3 Å². The lowest BCUT2D eigenvalue weighted by atomic mass is 10.0. The van der Waals surface area contributed by atoms with Gasteiger partial charge in [0.25, 0.3) is 5.91 Å². The molecule has 0 atom stereocenters. The van der Waals surface area contributed by atoms with E-state index in [1.807, 2.05) is 0 Å². The highest BCUT2D eigenvalue weighted by atomic mass is 32.1. The second-order valence-electron chi connectivity index (χ2n) is 7.86. The topological polar surface area (TPSA) is 96.5 Å². The van der Waals surface area contributed by atoms with Crippen molar-refractivity contribution in [2.45, 2.75) is 25.6 Å². The van der Waals surface area contributed by atoms with Gasteiger partial charge in [0.2, 0.25) is 5.95 Å². The number of methoxy groups -OCH3 is 1. The zero-order chi connectivity index (χ0) is 24.0. The number of rotatable bonds is 6. The van der Waals surface area contributed by atoms with Gasteiger partial charge in [0.05, 0.1) is 17.7 Å². The van der Waals surface area contributed by atoms with Crippen molar-refractivity contribution in [1.82, 2.24) is 20.2 Å². The number of ether oxygens (including phenoxy) is 1. The van der Waals surface area contributed by atoms with Gasteiger partial charge < -0.3 is 15.0 Å². The molecule has 0 aliphatic carbocycles. The van der Waals surface area contributed by atoms with Gasteiger partial charge in [-0.05, 0) is 43.5 Å². The number of fused-ring (bicyclic) bond motifs is 1. The lowest BCUT2D eigenvalue weighted by Gasteiger charge is -2.27. The summed E-state index contributed by atoms with van der Waals surface area (Å²) in [7, 11) is 1.52. The molecule has 0 bridgehead atoms. The first-order chi connectivity index (χ1) is 15.5. The van der Waals surface area contributed by atoms with Gasteiger partial charge in [-0.25, -0.2) is 14.8 Å². The van der Waals surface area contributed by atoms with Crippen molar-refractivity contribution in [3.8, 4) is 16.3 Å². The van der Waals surface area contributed by atoms with E-state index in [4.69, 9.17) is 4.74 Å². The first kappa shape index (κ1) is 22.8. The van der Waals surface area contributed by atoms with E-state index in [9.17, 15) is 22.8 Å². The minimum Gasteiger partial charge on any atom is -0.497 e. The highest BCUT2D eigenvalue weighted by molar-refractivity contribution is 7.22. The number of alkyl halides is 3. The van der Waals surface area contributed by atoms with Crippen LogP contribution in [0.15, 0.2) is 30.5 Å². The Labute approximate surface area is 190 Å². The summed E-state index contributed by atoms with van der Waals surface area (Å²) in [5, 5.41) is 5.85. The van der Waals surface area contributed by atoms with Crippen LogP contribution in [0.2, 0.25) is 0 Å². The average molecular weight is 479 g/mol. The maximum absolute atomic E-state index is 13.7. The molecule has 0 spiro atoms. The van der Waals surface area contributed by atoms with Crippen LogP contribution < -0.4 is 15.4 Å². The molecule has 2 N–H and O–H groups in total. The van der Waals surface area contributed by atoms with E-state index in [1.165, 1.54) is 23.3 Å². The van der Waals surface area contributed by atoms with E-state index < -0.39 is 29.2 Å². The Balaban J connectivity index is 1.61. The Morgan fingerprint density at radius 1 is 1.24 bits per heavy atom. The normalized spacial score (nSPS) is 15.8. The molecular formula is C21H20F3N5O3S. The van der Waals surface area contributed by atoms with E-state index in [2.05, 4.69) is 20.6 Å². The number of amides is 3. The summed E-state index contributed by atoms with van der Waals surface area (Å²) >= 11 is 1.17. The van der Waals surface area contributed by atoms with Crippen molar-refractivity contribution in [3.05, 3.63) is 36.0 Å². The minimum atomic E-state index is -4.64. The predicted octanol–water partition coefficient (Wildman–Crippen LogP) is 4.13. The number of nitrogens with zero attached hydrogens (tertiary/aromatic N) is 3. The molecule has 0 saturated carbocycles. The Morgan fingerprint density at radius 2 is 2.00 bits per heavy atom. The highest BCUT2D eigenvalue weighted by Crippen LogP contribution is 2.41. The number of nitrogens with one attached hydrogen (secondary N) is 2. The third kappa shape index (κ3) is 4.30. The van der Waals surface area contributed by atoms with Gasteiger partial charge in [-0.1, -0.05) is 0 Å². The fourth-order valence-electron chi connectivity index (χ4n) is 3.47. The maximum atomic E-state index is 13.7. The van der Waals surface area contributed by atoms with Crippen LogP contribution in [0.25, 0.3) is 20.7 Å². The SMILES string of the molecule is COc1ccc2cc(-c3nc(NCCN4C(=O)NC(=O)C4(C)C)ncc3C(F)(F)F)sc2c1. The molecule has 0 unspecified atom stereocenters. The number of hydrogen-bond donors (Lipinski definition) is 2. The summed E-state index contributed by atoms with van der Waals surface area (Å²) in [5.41, 5.74) is -2.21. The zero-order valence-electron chi connectivity index (χ0n) is 17.9. The summed E-state index contributed by atoms with van der Waals surface area (Å²) in [5.74, 6) is 0.170. The molecule has 4 rings (SSSR count). The summed E-state index contributed by atoms with van der Waals surface area (Å²) in [4.78, 5) is 33.4. The fraction of sp³-hybridized carbons (Fsp3) is 0.333. The fourth-order valence-corrected chi connectivity index (χ4v) is 4.57. The molecule has 174 valence electrons. The first-order valence-corrected chi connectivity index (χ1v) is 10.7. The first-order valence-electron chi connectivity index (χ1n) is 9.90. The number of benzene rings is 1. The van der Waals surface area contributed by atoms with Crippen LogP contribution in [0.3, 0.4) is 0 Å². The molecule has 8 nitrogen and oxygen atoms in total. The van der Waals surface area contributed by atoms with Crippen molar-refractivity contribution < 1.29 is 27.5 Å². The van der Waals surface area contributed by atoms with Crippen molar-refractivity contribution in [2.75, 3.05) is 25.5 Å². The number of halogens is 3. The number of urea groups is 1. The third-order valence-electron chi connectivity index (χ3n) is 5.37. The molecule has 1 saturated heterocycles. The second kappa shape index (κ2) is 8.18. The van der Waals surface area contributed by atoms with Gasteiger partial charge in [-0.3, -0.25) is 10.1 Å². The number of anilines is 1. The van der Waals surface area contributed by atoms with Crippen LogP contribution in [0, 0.1) is 0 Å². The van der Waals surface area contributed by atoms with Crippen LogP contribution in [0.5, 0.6) is 5.75 Å². The van der Waals surface area contributed by atoms with Crippen molar-refractivity contribution in [3.63, 3.8) is 0 Å². The molecular weight excluding hydrogens is 459 g/mol. The van der Waals surface area contributed by atoms with Crippen LogP contribution in [-0.2, 0) is 11.0 Å². The number of imide groups is 1. The molecule has 33 heavy (non-hydrogen) atoms. The van der Waals surface area contributed by atoms with Gasteiger partial charge in [-0.2, -0.15) is 13.2 Å². The van der Waals surface area contributed by atoms with Gasteiger partial charge in [0.1, 0.15) is 16.9 Å². The summed E-state index contributed by atoms with van der Waals surface area (Å²) in [6, 6.07) is 6.37. The quantitative estimate of drug-likeness (QED) is 0.516. The molecule has 3 amide bonds. The Morgan fingerprint density at radius 3 is 2.64 bits per heavy atom. The number of carbonyl (C=O) groups excluding carboxylic acids is 2. The molecule has 12 heteroatoms. The average Bonchev–Trinajstić information content (AvgIpc) is 3.26. The van der Waals surface area contributed by atoms with Crippen LogP contribution in [-0.4, -0.2) is 52.5 Å². The van der Waals surface area contributed by atoms with E-state index in [0.29, 0.717) is 10.6 Å². The Bertz CT molecular complexity index is 1240. The minimum absolute atomic E-state index is 0.0169. The van der Waals surface area contributed by atoms with Gasteiger partial charge in [0, 0.05) is 24.0 Å². The molecule has 1 fully saturated rings. The van der Waals surface area contributed by atoms with E-state index >= 15 is 0 Å². The zero-order valence-corrected chi connectivity index (χ0v) is 18.7. The largest absolute Gasteiger partial charge is 0.497 e. The summed E-state index contributed by atoms with van der Waals surface area (Å²) < 4.78 is 46.9. The van der Waals surface area contributed by atoms with Crippen LogP contribution in [0.4, 0.5) is 23.9 Å². The van der Waals surface area contributed by atoms with E-state index in [-0.39, 0.29) is 24.7 Å². The Kier molecular flexibility index (Phi) is 5.64. The van der Waals surface area contributed by atoms with Crippen molar-refractivity contribution in [2.24, 2.45) is 0 Å². The van der Waals surface area contributed by atoms with E-state index in [1.54, 1.807) is 38.1 Å². The second-order valence-corrected chi connectivity index (χ2v) is 8.95. The van der Waals surface area contributed by atoms with Gasteiger partial charge in [0.15, 0.2) is 0 Å². The van der Waals surface area contributed by atoms with Gasteiger partial charge in [-0.15, -0.1) is 11.3 Å². The lowest BCUT2D eigenvalue weighted by Crippen LogP contribution is -2.46. The smallest absolute Gasteiger partial charge is 0.420 e. The van der Waals surface area contributed by atoms with Crippen molar-refractivity contribution >= 4 is 39.3 Å². The predicted molar refractivity (Wildman–Crippen MR) is 117 cm³/mol. The van der Waals surface area contributed by atoms with E-state index in [0.717, 1.165) is 16.3 Å². The molecule has 1 aliphatic heterocycles. The number of hydrogen-bond acceptors (Lipinski definition) is 7. The summed E-state index contributed by atoms with van der Waals surface area (Å²) in [6.45, 7) is 3.48. The van der Waals surface area contributed by atoms with Crippen molar-refractivity contribution in [1.29, 1.82) is 0 Å². The van der Waals surface area contributed by atoms with Crippen LogP contribution in [0.1, 0.15) is 19.4 Å². The molecule has 1 aliphatic rings. The standard InChI is InChI=1S/C21H20F3N5O3S/c1-20(2)17(30)28-19(31)29(20)7-6-25-18-26-10-13(21(22,23)24)16(27-18)15-8-11-4-5-12(32-3)9-14(11)33-15/h4-5,8-10H,6-7H2,1-3H3,(H,25,26,27)(H,28,30,31). The number of thiophene rings is 1. The maximum Gasteiger partial charge on any atom is 0.420 e. The monoisotopic (exact) mass is 479 g/mol. The Hall–Kier alpha value is -3.41. The molecule has 1 aromatic carbocycles. The summed E-state index contributed by atoms with van der Waals surface area (Å²) in [6.07, 6.45) is -3.90. The number of aromatic nitrogens is 2. The molecule has 2 aromatic heterocycles. The molecule has 3 aromatic rings. The molecule has 3 heterocycles. The van der Waals surface area contributed by atoms with Gasteiger partial charge >= 0.3 is 12.2 Å². The third-order valence-corrected chi connectivity index (χ3v) is 6.47. The lowest BCUT2D eigenvalue weighted by molar-refractivity contribution is -0.137. The number of carbonyl (C=O) groups is 2.